The van der Waals surface area contributed by atoms with Crippen molar-refractivity contribution in [2.24, 2.45) is 5.92 Å². The highest BCUT2D eigenvalue weighted by Gasteiger charge is 2.18. The Hall–Kier alpha value is -0.840. The third kappa shape index (κ3) is 4.64. The van der Waals surface area contributed by atoms with E-state index in [9.17, 15) is 0 Å². The van der Waals surface area contributed by atoms with Crippen molar-refractivity contribution in [3.05, 3.63) is 22.8 Å². The van der Waals surface area contributed by atoms with Gasteiger partial charge in [-0.15, -0.1) is 0 Å². The summed E-state index contributed by atoms with van der Waals surface area (Å²) >= 11 is 6.15. The third-order valence-electron chi connectivity index (χ3n) is 2.95. The average Bonchev–Trinajstić information content (AvgIpc) is 2.85. The molecule has 1 fully saturated rings. The second kappa shape index (κ2) is 7.08. The predicted molar refractivity (Wildman–Crippen MR) is 75.6 cm³/mol. The molecule has 1 aliphatic rings. The lowest BCUT2D eigenvalue weighted by Gasteiger charge is -2.13. The standard InChI is InChI=1S/C14H21ClN2O2/c1-10(2)6-16-7-11-5-14(17-8-13(11)15)19-12-3-4-18-9-12/h5,8,10,12,16H,3-4,6-7,9H2,1-2H3. The van der Waals surface area contributed by atoms with Gasteiger partial charge in [0.05, 0.1) is 18.2 Å². The summed E-state index contributed by atoms with van der Waals surface area (Å²) < 4.78 is 11.1. The van der Waals surface area contributed by atoms with Crippen molar-refractivity contribution < 1.29 is 9.47 Å². The summed E-state index contributed by atoms with van der Waals surface area (Å²) in [6, 6.07) is 1.91. The first-order valence-electron chi connectivity index (χ1n) is 6.74. The van der Waals surface area contributed by atoms with Gasteiger partial charge in [0.25, 0.3) is 0 Å². The van der Waals surface area contributed by atoms with Gasteiger partial charge in [0, 0.05) is 25.2 Å². The summed E-state index contributed by atoms with van der Waals surface area (Å²) in [6.07, 6.45) is 2.69. The van der Waals surface area contributed by atoms with E-state index in [-0.39, 0.29) is 6.10 Å². The summed E-state index contributed by atoms with van der Waals surface area (Å²) in [6.45, 7) is 7.46. The normalized spacial score (nSPS) is 19.1. The Morgan fingerprint density at radius 3 is 3.11 bits per heavy atom. The van der Waals surface area contributed by atoms with Crippen LogP contribution in [-0.4, -0.2) is 30.8 Å². The molecule has 5 heteroatoms. The van der Waals surface area contributed by atoms with E-state index in [1.165, 1.54) is 0 Å². The van der Waals surface area contributed by atoms with E-state index in [0.29, 0.717) is 23.4 Å². The molecule has 4 nitrogen and oxygen atoms in total. The fourth-order valence-corrected chi connectivity index (χ4v) is 2.10. The van der Waals surface area contributed by atoms with Crippen LogP contribution in [0.5, 0.6) is 5.88 Å². The number of hydrogen-bond donors (Lipinski definition) is 1. The van der Waals surface area contributed by atoms with Gasteiger partial charge in [-0.3, -0.25) is 0 Å². The molecule has 1 unspecified atom stereocenters. The van der Waals surface area contributed by atoms with Gasteiger partial charge < -0.3 is 14.8 Å². The van der Waals surface area contributed by atoms with Gasteiger partial charge in [-0.05, 0) is 18.0 Å². The van der Waals surface area contributed by atoms with E-state index in [2.05, 4.69) is 24.1 Å². The van der Waals surface area contributed by atoms with Crippen molar-refractivity contribution in [2.75, 3.05) is 19.8 Å². The van der Waals surface area contributed by atoms with Crippen molar-refractivity contribution in [1.29, 1.82) is 0 Å². The first-order chi connectivity index (χ1) is 9.15. The number of pyridine rings is 1. The summed E-state index contributed by atoms with van der Waals surface area (Å²) in [5.41, 5.74) is 1.02. The zero-order valence-corrected chi connectivity index (χ0v) is 12.2. The number of ether oxygens (including phenoxy) is 2. The van der Waals surface area contributed by atoms with Gasteiger partial charge in [0.2, 0.25) is 5.88 Å². The Morgan fingerprint density at radius 2 is 2.42 bits per heavy atom. The molecule has 0 bridgehead atoms. The minimum absolute atomic E-state index is 0.116. The van der Waals surface area contributed by atoms with E-state index in [1.54, 1.807) is 6.20 Å². The smallest absolute Gasteiger partial charge is 0.213 e. The molecule has 106 valence electrons. The number of halogens is 1. The fourth-order valence-electron chi connectivity index (χ4n) is 1.93. The minimum atomic E-state index is 0.116. The average molecular weight is 285 g/mol. The first-order valence-corrected chi connectivity index (χ1v) is 7.12. The van der Waals surface area contributed by atoms with Crippen LogP contribution < -0.4 is 10.1 Å². The lowest BCUT2D eigenvalue weighted by Crippen LogP contribution is -2.20. The van der Waals surface area contributed by atoms with E-state index >= 15 is 0 Å². The predicted octanol–water partition coefficient (Wildman–Crippen LogP) is 2.65. The van der Waals surface area contributed by atoms with Gasteiger partial charge >= 0.3 is 0 Å². The monoisotopic (exact) mass is 284 g/mol. The van der Waals surface area contributed by atoms with E-state index in [4.69, 9.17) is 21.1 Å². The Bertz CT molecular complexity index is 406. The molecule has 1 atom stereocenters. The van der Waals surface area contributed by atoms with Gasteiger partial charge in [-0.1, -0.05) is 25.4 Å². The van der Waals surface area contributed by atoms with Gasteiger partial charge in [-0.25, -0.2) is 4.98 Å². The minimum Gasteiger partial charge on any atom is -0.472 e. The van der Waals surface area contributed by atoms with Crippen LogP contribution in [0, 0.1) is 5.92 Å². The molecule has 2 heterocycles. The molecule has 1 aromatic rings. The quantitative estimate of drug-likeness (QED) is 0.872. The molecular formula is C14H21ClN2O2. The van der Waals surface area contributed by atoms with Crippen LogP contribution in [0.15, 0.2) is 12.3 Å². The summed E-state index contributed by atoms with van der Waals surface area (Å²) in [5.74, 6) is 1.24. The zero-order chi connectivity index (χ0) is 13.7. The van der Waals surface area contributed by atoms with Gasteiger partial charge in [0.1, 0.15) is 6.10 Å². The lowest BCUT2D eigenvalue weighted by molar-refractivity contribution is 0.138. The van der Waals surface area contributed by atoms with Crippen LogP contribution in [0.25, 0.3) is 0 Å². The Kier molecular flexibility index (Phi) is 5.43. The fraction of sp³-hybridized carbons (Fsp3) is 0.643. The molecule has 1 saturated heterocycles. The SMILES string of the molecule is CC(C)CNCc1cc(OC2CCOC2)ncc1Cl. The van der Waals surface area contributed by atoms with Gasteiger partial charge in [0.15, 0.2) is 0 Å². The molecule has 0 aromatic carbocycles. The zero-order valence-electron chi connectivity index (χ0n) is 11.5. The highest BCUT2D eigenvalue weighted by atomic mass is 35.5. The molecule has 0 spiro atoms. The van der Waals surface area contributed by atoms with Crippen LogP contribution in [-0.2, 0) is 11.3 Å². The second-order valence-corrected chi connectivity index (χ2v) is 5.65. The molecule has 0 aliphatic carbocycles. The van der Waals surface area contributed by atoms with Crippen molar-refractivity contribution in [3.63, 3.8) is 0 Å². The maximum absolute atomic E-state index is 6.15. The topological polar surface area (TPSA) is 43.4 Å². The van der Waals surface area contributed by atoms with Crippen molar-refractivity contribution in [3.8, 4) is 5.88 Å². The molecule has 1 N–H and O–H groups in total. The molecule has 0 radical (unpaired) electrons. The maximum atomic E-state index is 6.15. The molecule has 0 amide bonds. The first kappa shape index (κ1) is 14.6. The molecule has 1 aliphatic heterocycles. The lowest BCUT2D eigenvalue weighted by atomic mass is 10.2. The number of hydrogen-bond acceptors (Lipinski definition) is 4. The Balaban J connectivity index is 1.93. The Labute approximate surface area is 119 Å². The third-order valence-corrected chi connectivity index (χ3v) is 3.29. The molecule has 2 rings (SSSR count). The molecule has 1 aromatic heterocycles. The molecule has 19 heavy (non-hydrogen) atoms. The molecular weight excluding hydrogens is 264 g/mol. The number of rotatable bonds is 6. The van der Waals surface area contributed by atoms with Crippen molar-refractivity contribution in [1.82, 2.24) is 10.3 Å². The number of nitrogens with zero attached hydrogens (tertiary/aromatic N) is 1. The Morgan fingerprint density at radius 1 is 1.58 bits per heavy atom. The highest BCUT2D eigenvalue weighted by Crippen LogP contribution is 2.21. The number of aromatic nitrogens is 1. The largest absolute Gasteiger partial charge is 0.472 e. The van der Waals surface area contributed by atoms with E-state index < -0.39 is 0 Å². The maximum Gasteiger partial charge on any atom is 0.213 e. The highest BCUT2D eigenvalue weighted by molar-refractivity contribution is 6.31. The molecule has 0 saturated carbocycles. The van der Waals surface area contributed by atoms with Crippen LogP contribution in [0.1, 0.15) is 25.8 Å². The van der Waals surface area contributed by atoms with E-state index in [1.807, 2.05) is 6.07 Å². The van der Waals surface area contributed by atoms with Crippen LogP contribution in [0.4, 0.5) is 0 Å². The summed E-state index contributed by atoms with van der Waals surface area (Å²) in [4.78, 5) is 4.21. The second-order valence-electron chi connectivity index (χ2n) is 5.24. The van der Waals surface area contributed by atoms with Crippen LogP contribution >= 0.6 is 11.6 Å². The van der Waals surface area contributed by atoms with Crippen LogP contribution in [0.2, 0.25) is 5.02 Å². The van der Waals surface area contributed by atoms with E-state index in [0.717, 1.165) is 31.7 Å². The van der Waals surface area contributed by atoms with Gasteiger partial charge in [-0.2, -0.15) is 0 Å². The summed E-state index contributed by atoms with van der Waals surface area (Å²) in [5, 5.41) is 4.04. The van der Waals surface area contributed by atoms with Crippen molar-refractivity contribution in [2.45, 2.75) is 32.9 Å². The van der Waals surface area contributed by atoms with Crippen molar-refractivity contribution >= 4 is 11.6 Å². The summed E-state index contributed by atoms with van der Waals surface area (Å²) in [7, 11) is 0. The number of nitrogens with one attached hydrogen (secondary N) is 1. The van der Waals surface area contributed by atoms with Crippen LogP contribution in [0.3, 0.4) is 0 Å².